The van der Waals surface area contributed by atoms with Crippen molar-refractivity contribution in [1.82, 2.24) is 0 Å². The van der Waals surface area contributed by atoms with E-state index in [1.165, 1.54) is 13.8 Å². The molecule has 0 aliphatic rings. The van der Waals surface area contributed by atoms with E-state index in [0.29, 0.717) is 6.42 Å². The second-order valence-electron chi connectivity index (χ2n) is 8.05. The van der Waals surface area contributed by atoms with Crippen molar-refractivity contribution in [3.63, 3.8) is 0 Å². The van der Waals surface area contributed by atoms with Crippen LogP contribution in [-0.2, 0) is 9.68 Å². The molecular weight excluding hydrogens is 306 g/mol. The van der Waals surface area contributed by atoms with Crippen molar-refractivity contribution in [2.24, 2.45) is 17.1 Å². The van der Waals surface area contributed by atoms with Crippen molar-refractivity contribution < 1.29 is 19.8 Å². The fraction of sp³-hybridized carbons (Fsp3) is 1.00. The maximum absolute atomic E-state index is 10.9. The van der Waals surface area contributed by atoms with Gasteiger partial charge in [-0.2, -0.15) is 0 Å². The summed E-state index contributed by atoms with van der Waals surface area (Å²) in [5, 5.41) is 19.8. The molecule has 2 N–H and O–H groups in total. The van der Waals surface area contributed by atoms with E-state index in [0.717, 1.165) is 0 Å². The summed E-state index contributed by atoms with van der Waals surface area (Å²) in [6.45, 7) is 12.3. The Morgan fingerprint density at radius 2 is 1.52 bits per heavy atom. The van der Waals surface area contributed by atoms with Gasteiger partial charge in [-0.3, -0.25) is 0 Å². The van der Waals surface area contributed by atoms with Gasteiger partial charge in [0.1, 0.15) is 11.7 Å². The molecule has 0 aromatic rings. The predicted octanol–water partition coefficient (Wildman–Crippen LogP) is 2.73. The Labute approximate surface area is 136 Å². The Balaban J connectivity index is 5.51. The molecule has 0 aliphatic carbocycles. The molecule has 9 nitrogen and oxygen atoms in total. The van der Waals surface area contributed by atoms with Gasteiger partial charge in [0.25, 0.3) is 10.2 Å². The minimum atomic E-state index is -1.20. The monoisotopic (exact) mass is 335 g/mol. The van der Waals surface area contributed by atoms with E-state index in [4.69, 9.17) is 10.6 Å². The van der Waals surface area contributed by atoms with Gasteiger partial charge in [0.15, 0.2) is 0 Å². The van der Waals surface area contributed by atoms with Crippen LogP contribution in [0.25, 0.3) is 0 Å². The quantitative estimate of drug-likeness (QED) is 0.479. The lowest BCUT2D eigenvalue weighted by Crippen LogP contribution is -2.59. The highest BCUT2D eigenvalue weighted by molar-refractivity contribution is 4.99. The zero-order chi connectivity index (χ0) is 18.6. The molecule has 0 spiro atoms. The number of rotatable bonds is 10. The number of hydrogen-bond acceptors (Lipinski definition) is 7. The SMILES string of the molecule is CC(C)CC(C)(C)C(O[N+](=O)[O-])C(C)(N)CC(C)(C)O[N+](=O)[O-]. The summed E-state index contributed by atoms with van der Waals surface area (Å²) >= 11 is 0. The molecule has 0 fully saturated rings. The van der Waals surface area contributed by atoms with Gasteiger partial charge in [-0.1, -0.05) is 27.7 Å². The van der Waals surface area contributed by atoms with Crippen LogP contribution in [0.5, 0.6) is 0 Å². The molecule has 0 aromatic carbocycles. The minimum absolute atomic E-state index is 0.0149. The second kappa shape index (κ2) is 7.29. The maximum Gasteiger partial charge on any atom is 0.295 e. The van der Waals surface area contributed by atoms with Crippen molar-refractivity contribution in [2.75, 3.05) is 0 Å². The van der Waals surface area contributed by atoms with E-state index >= 15 is 0 Å². The molecular formula is C14H29N3O6. The smallest absolute Gasteiger partial charge is 0.295 e. The van der Waals surface area contributed by atoms with Crippen LogP contribution in [-0.4, -0.2) is 27.4 Å². The number of nitrogens with two attached hydrogens (primary N) is 1. The Hall–Kier alpha value is -1.64. The van der Waals surface area contributed by atoms with E-state index in [1.807, 2.05) is 27.7 Å². The fourth-order valence-electron chi connectivity index (χ4n) is 3.65. The van der Waals surface area contributed by atoms with Gasteiger partial charge in [0.05, 0.1) is 0 Å². The molecule has 136 valence electrons. The van der Waals surface area contributed by atoms with Crippen LogP contribution in [0.4, 0.5) is 0 Å². The van der Waals surface area contributed by atoms with Gasteiger partial charge >= 0.3 is 0 Å². The van der Waals surface area contributed by atoms with E-state index in [2.05, 4.69) is 4.84 Å². The topological polar surface area (TPSA) is 131 Å². The van der Waals surface area contributed by atoms with Gasteiger partial charge in [0.2, 0.25) is 0 Å². The second-order valence-corrected chi connectivity index (χ2v) is 8.05. The minimum Gasteiger partial charge on any atom is -0.323 e. The summed E-state index contributed by atoms with van der Waals surface area (Å²) in [6.07, 6.45) is -0.280. The summed E-state index contributed by atoms with van der Waals surface area (Å²) in [7, 11) is 0. The lowest BCUT2D eigenvalue weighted by atomic mass is 9.69. The standard InChI is InChI=1S/C14H29N3O6/c1-10(2)8-12(3,4)11(22-16(18)19)14(7,15)9-13(5,6)23-17(20)21/h10-11H,8-9,15H2,1-7H3. The molecule has 0 bridgehead atoms. The average molecular weight is 335 g/mol. The van der Waals surface area contributed by atoms with E-state index in [1.54, 1.807) is 6.92 Å². The first-order chi connectivity index (χ1) is 10.1. The lowest BCUT2D eigenvalue weighted by molar-refractivity contribution is -0.782. The highest BCUT2D eigenvalue weighted by Crippen LogP contribution is 2.39. The van der Waals surface area contributed by atoms with Gasteiger partial charge in [-0.05, 0) is 44.9 Å². The zero-order valence-electron chi connectivity index (χ0n) is 15.0. The van der Waals surface area contributed by atoms with Gasteiger partial charge < -0.3 is 15.4 Å². The first kappa shape index (κ1) is 21.4. The molecule has 0 saturated carbocycles. The first-order valence-corrected chi connectivity index (χ1v) is 7.52. The number of nitrogens with zero attached hydrogens (tertiary/aromatic N) is 2. The largest absolute Gasteiger partial charge is 0.323 e. The van der Waals surface area contributed by atoms with Gasteiger partial charge in [-0.15, -0.1) is 20.2 Å². The molecule has 23 heavy (non-hydrogen) atoms. The molecule has 0 aliphatic heterocycles. The van der Waals surface area contributed by atoms with E-state index in [-0.39, 0.29) is 12.3 Å². The third-order valence-electron chi connectivity index (χ3n) is 3.56. The van der Waals surface area contributed by atoms with Crippen molar-refractivity contribution in [2.45, 2.75) is 78.6 Å². The highest BCUT2D eigenvalue weighted by Gasteiger charge is 2.47. The lowest BCUT2D eigenvalue weighted by Gasteiger charge is -2.45. The van der Waals surface area contributed by atoms with Crippen LogP contribution >= 0.6 is 0 Å². The van der Waals surface area contributed by atoms with Gasteiger partial charge in [-0.25, -0.2) is 0 Å². The fourth-order valence-corrected chi connectivity index (χ4v) is 3.65. The number of hydrogen-bond donors (Lipinski definition) is 1. The molecule has 0 heterocycles. The van der Waals surface area contributed by atoms with Crippen LogP contribution in [0, 0.1) is 31.6 Å². The van der Waals surface area contributed by atoms with Crippen molar-refractivity contribution in [1.29, 1.82) is 0 Å². The molecule has 9 heteroatoms. The molecule has 0 rings (SSSR count). The van der Waals surface area contributed by atoms with Crippen LogP contribution in [0.15, 0.2) is 0 Å². The predicted molar refractivity (Wildman–Crippen MR) is 84.5 cm³/mol. The molecule has 0 radical (unpaired) electrons. The Kier molecular flexibility index (Phi) is 6.77. The Morgan fingerprint density at radius 1 is 1.04 bits per heavy atom. The van der Waals surface area contributed by atoms with Crippen molar-refractivity contribution in [3.8, 4) is 0 Å². The summed E-state index contributed by atoms with van der Waals surface area (Å²) < 4.78 is 0. The van der Waals surface area contributed by atoms with Crippen LogP contribution < -0.4 is 5.73 Å². The van der Waals surface area contributed by atoms with Crippen molar-refractivity contribution in [3.05, 3.63) is 20.2 Å². The van der Waals surface area contributed by atoms with Crippen LogP contribution in [0.3, 0.4) is 0 Å². The molecule has 2 unspecified atom stereocenters. The average Bonchev–Trinajstić information content (AvgIpc) is 2.19. The summed E-state index contributed by atoms with van der Waals surface area (Å²) in [4.78, 5) is 31.1. The van der Waals surface area contributed by atoms with E-state index < -0.39 is 32.8 Å². The highest BCUT2D eigenvalue weighted by atomic mass is 17.0. The van der Waals surface area contributed by atoms with Crippen molar-refractivity contribution >= 4 is 0 Å². The summed E-state index contributed by atoms with van der Waals surface area (Å²) in [5.41, 5.74) is 3.30. The van der Waals surface area contributed by atoms with E-state index in [9.17, 15) is 20.2 Å². The van der Waals surface area contributed by atoms with Gasteiger partial charge in [0, 0.05) is 5.54 Å². The molecule has 0 saturated heterocycles. The van der Waals surface area contributed by atoms with Crippen LogP contribution in [0.1, 0.15) is 61.3 Å². The Morgan fingerprint density at radius 3 is 1.87 bits per heavy atom. The maximum atomic E-state index is 10.9. The molecule has 0 aromatic heterocycles. The zero-order valence-corrected chi connectivity index (χ0v) is 15.0. The third-order valence-corrected chi connectivity index (χ3v) is 3.56. The summed E-state index contributed by atoms with van der Waals surface area (Å²) in [5.74, 6) is 0.279. The Bertz CT molecular complexity index is 434. The third kappa shape index (κ3) is 7.45. The normalized spacial score (nSPS) is 16.6. The molecule has 2 atom stereocenters. The summed E-state index contributed by atoms with van der Waals surface area (Å²) in [6, 6.07) is 0. The first-order valence-electron chi connectivity index (χ1n) is 7.52. The van der Waals surface area contributed by atoms with Crippen LogP contribution in [0.2, 0.25) is 0 Å². The molecule has 0 amide bonds.